The van der Waals surface area contributed by atoms with Gasteiger partial charge in [-0.1, -0.05) is 18.2 Å². The molecule has 2 N–H and O–H groups in total. The van der Waals surface area contributed by atoms with Gasteiger partial charge in [0.25, 0.3) is 5.91 Å². The average molecular weight is 458 g/mol. The summed E-state index contributed by atoms with van der Waals surface area (Å²) < 4.78 is 5.46. The molecule has 0 aliphatic carbocycles. The number of rotatable bonds is 6. The van der Waals surface area contributed by atoms with Crippen molar-refractivity contribution in [3.8, 4) is 5.75 Å². The summed E-state index contributed by atoms with van der Waals surface area (Å²) in [7, 11) is 0. The number of fused-ring (bicyclic) bond motifs is 1. The minimum Gasteiger partial charge on any atom is -0.494 e. The molecule has 1 aliphatic heterocycles. The van der Waals surface area contributed by atoms with Crippen LogP contribution < -0.4 is 20.3 Å². The van der Waals surface area contributed by atoms with E-state index in [1.54, 1.807) is 48.5 Å². The Balaban J connectivity index is 1.62. The van der Waals surface area contributed by atoms with Crippen LogP contribution in [0, 0.1) is 13.8 Å². The number of ether oxygens (including phenoxy) is 1. The Kier molecular flexibility index (Phi) is 6.63. The molecule has 3 aromatic carbocycles. The lowest BCUT2D eigenvalue weighted by molar-refractivity contribution is -0.122. The molecule has 0 fully saturated rings. The maximum absolute atomic E-state index is 13.6. The number of nitrogens with one attached hydrogen (secondary N) is 2. The Morgan fingerprint density at radius 2 is 1.74 bits per heavy atom. The van der Waals surface area contributed by atoms with E-state index in [0.717, 1.165) is 11.1 Å². The van der Waals surface area contributed by atoms with E-state index in [9.17, 15) is 14.4 Å². The summed E-state index contributed by atoms with van der Waals surface area (Å²) in [6, 6.07) is 18.5. The zero-order valence-corrected chi connectivity index (χ0v) is 19.4. The van der Waals surface area contributed by atoms with Crippen LogP contribution >= 0.6 is 0 Å². The molecule has 174 valence electrons. The van der Waals surface area contributed by atoms with Crippen molar-refractivity contribution in [3.63, 3.8) is 0 Å². The summed E-state index contributed by atoms with van der Waals surface area (Å²) in [6.07, 6.45) is -0.185. The number of aryl methyl sites for hydroxylation is 2. The van der Waals surface area contributed by atoms with Crippen LogP contribution in [0.25, 0.3) is 0 Å². The third-order valence-electron chi connectivity index (χ3n) is 5.84. The zero-order valence-electron chi connectivity index (χ0n) is 19.4. The maximum atomic E-state index is 13.6. The molecule has 3 aromatic rings. The van der Waals surface area contributed by atoms with Crippen LogP contribution in [0.3, 0.4) is 0 Å². The van der Waals surface area contributed by atoms with Crippen molar-refractivity contribution in [3.05, 3.63) is 83.4 Å². The topological polar surface area (TPSA) is 87.7 Å². The number of carbonyl (C=O) groups is 3. The molecule has 7 nitrogen and oxygen atoms in total. The van der Waals surface area contributed by atoms with Crippen molar-refractivity contribution >= 4 is 34.8 Å². The van der Waals surface area contributed by atoms with Crippen molar-refractivity contribution in [2.75, 3.05) is 22.1 Å². The van der Waals surface area contributed by atoms with E-state index in [2.05, 4.69) is 10.6 Å². The van der Waals surface area contributed by atoms with Crippen molar-refractivity contribution in [2.45, 2.75) is 33.2 Å². The maximum Gasteiger partial charge on any atom is 0.259 e. The number of nitrogens with zero attached hydrogens (tertiary/aromatic N) is 1. The zero-order chi connectivity index (χ0) is 24.2. The van der Waals surface area contributed by atoms with Gasteiger partial charge in [-0.2, -0.15) is 0 Å². The summed E-state index contributed by atoms with van der Waals surface area (Å²) in [5, 5.41) is 5.67. The van der Waals surface area contributed by atoms with E-state index < -0.39 is 11.9 Å². The van der Waals surface area contributed by atoms with Crippen molar-refractivity contribution in [1.82, 2.24) is 0 Å². The van der Waals surface area contributed by atoms with Crippen molar-refractivity contribution < 1.29 is 19.1 Å². The highest BCUT2D eigenvalue weighted by molar-refractivity contribution is 6.17. The number of benzene rings is 3. The normalized spacial score (nSPS) is 14.7. The molecule has 34 heavy (non-hydrogen) atoms. The van der Waals surface area contributed by atoms with Gasteiger partial charge in [-0.25, -0.2) is 0 Å². The van der Waals surface area contributed by atoms with Gasteiger partial charge in [0.2, 0.25) is 11.8 Å². The lowest BCUT2D eigenvalue weighted by atomic mass is 10.0. The largest absolute Gasteiger partial charge is 0.494 e. The summed E-state index contributed by atoms with van der Waals surface area (Å²) in [5.41, 5.74) is 4.28. The van der Waals surface area contributed by atoms with Gasteiger partial charge in [-0.3, -0.25) is 19.3 Å². The molecule has 4 rings (SSSR count). The number of para-hydroxylation sites is 2. The molecule has 0 saturated carbocycles. The van der Waals surface area contributed by atoms with E-state index in [4.69, 9.17) is 4.74 Å². The van der Waals surface area contributed by atoms with Crippen LogP contribution in [-0.4, -0.2) is 30.4 Å². The lowest BCUT2D eigenvalue weighted by Crippen LogP contribution is -2.52. The molecule has 0 unspecified atom stereocenters. The Labute approximate surface area is 198 Å². The minimum atomic E-state index is -1.000. The molecule has 0 saturated heterocycles. The van der Waals surface area contributed by atoms with Gasteiger partial charge < -0.3 is 15.4 Å². The molecule has 7 heteroatoms. The highest BCUT2D eigenvalue weighted by Gasteiger charge is 2.38. The average Bonchev–Trinajstić information content (AvgIpc) is 2.82. The summed E-state index contributed by atoms with van der Waals surface area (Å²) in [6.45, 7) is 6.36. The first-order chi connectivity index (χ1) is 16.4. The minimum absolute atomic E-state index is 0.185. The van der Waals surface area contributed by atoms with Crippen LogP contribution in [0.4, 0.5) is 17.1 Å². The Morgan fingerprint density at radius 1 is 1.00 bits per heavy atom. The number of anilines is 3. The first-order valence-electron chi connectivity index (χ1n) is 11.2. The summed E-state index contributed by atoms with van der Waals surface area (Å²) in [4.78, 5) is 40.9. The predicted octanol–water partition coefficient (Wildman–Crippen LogP) is 4.70. The molecule has 1 aliphatic rings. The highest BCUT2D eigenvalue weighted by atomic mass is 16.5. The Hall–Kier alpha value is -4.13. The number of carbonyl (C=O) groups excluding carboxylic acids is 3. The molecule has 0 radical (unpaired) electrons. The fourth-order valence-corrected chi connectivity index (χ4v) is 3.93. The van der Waals surface area contributed by atoms with Crippen LogP contribution in [0.15, 0.2) is 66.7 Å². The van der Waals surface area contributed by atoms with Crippen LogP contribution in [-0.2, 0) is 9.59 Å². The highest BCUT2D eigenvalue weighted by Crippen LogP contribution is 2.34. The number of amides is 3. The molecule has 0 spiro atoms. The first-order valence-corrected chi connectivity index (χ1v) is 11.2. The smallest absolute Gasteiger partial charge is 0.259 e. The second-order valence-electron chi connectivity index (χ2n) is 8.21. The SMILES string of the molecule is CCOc1ccc(C(=O)N2c3ccccc3NC(=O)[C@@H]2CC(=O)Nc2ccc(C)c(C)c2)cc1. The quantitative estimate of drug-likeness (QED) is 0.562. The van der Waals surface area contributed by atoms with E-state index in [1.807, 2.05) is 39.0 Å². The predicted molar refractivity (Wildman–Crippen MR) is 132 cm³/mol. The third kappa shape index (κ3) is 4.78. The molecule has 0 aromatic heterocycles. The molecule has 1 heterocycles. The van der Waals surface area contributed by atoms with Gasteiger partial charge in [-0.15, -0.1) is 0 Å². The van der Waals surface area contributed by atoms with E-state index in [0.29, 0.717) is 35.0 Å². The Bertz CT molecular complexity index is 1240. The summed E-state index contributed by atoms with van der Waals surface area (Å²) >= 11 is 0. The van der Waals surface area contributed by atoms with Crippen molar-refractivity contribution in [2.24, 2.45) is 0 Å². The van der Waals surface area contributed by atoms with E-state index in [-0.39, 0.29) is 18.2 Å². The monoisotopic (exact) mass is 457 g/mol. The summed E-state index contributed by atoms with van der Waals surface area (Å²) in [5.74, 6) is -0.477. The second-order valence-corrected chi connectivity index (χ2v) is 8.21. The molecule has 1 atom stereocenters. The molecular formula is C27H27N3O4. The molecule has 3 amide bonds. The fourth-order valence-electron chi connectivity index (χ4n) is 3.93. The second kappa shape index (κ2) is 9.79. The van der Waals surface area contributed by atoms with Gasteiger partial charge in [0.05, 0.1) is 24.4 Å². The van der Waals surface area contributed by atoms with Gasteiger partial charge >= 0.3 is 0 Å². The first kappa shape index (κ1) is 23.0. The molecule has 0 bridgehead atoms. The third-order valence-corrected chi connectivity index (χ3v) is 5.84. The van der Waals surface area contributed by atoms with Crippen molar-refractivity contribution in [1.29, 1.82) is 0 Å². The van der Waals surface area contributed by atoms with Gasteiger partial charge in [-0.05, 0) is 80.4 Å². The number of hydrogen-bond acceptors (Lipinski definition) is 4. The molecular weight excluding hydrogens is 430 g/mol. The van der Waals surface area contributed by atoms with Crippen LogP contribution in [0.2, 0.25) is 0 Å². The van der Waals surface area contributed by atoms with E-state index >= 15 is 0 Å². The van der Waals surface area contributed by atoms with Gasteiger partial charge in [0, 0.05) is 11.3 Å². The van der Waals surface area contributed by atoms with Gasteiger partial charge in [0.1, 0.15) is 11.8 Å². The van der Waals surface area contributed by atoms with Crippen LogP contribution in [0.5, 0.6) is 5.75 Å². The standard InChI is InChI=1S/C27H27N3O4/c1-4-34-21-13-10-19(11-14-21)27(33)30-23-8-6-5-7-22(23)29-26(32)24(30)16-25(31)28-20-12-9-17(2)18(3)15-20/h5-15,24H,4,16H2,1-3H3,(H,28,31)(H,29,32)/t24-/m0/s1. The fraction of sp³-hybridized carbons (Fsp3) is 0.222. The van der Waals surface area contributed by atoms with Gasteiger partial charge in [0.15, 0.2) is 0 Å². The van der Waals surface area contributed by atoms with Crippen LogP contribution in [0.1, 0.15) is 34.8 Å². The number of hydrogen-bond donors (Lipinski definition) is 2. The van der Waals surface area contributed by atoms with E-state index in [1.165, 1.54) is 4.90 Å². The lowest BCUT2D eigenvalue weighted by Gasteiger charge is -2.36. The Morgan fingerprint density at radius 3 is 2.44 bits per heavy atom.